The van der Waals surface area contributed by atoms with Crippen molar-refractivity contribution in [3.8, 4) is 11.5 Å². The van der Waals surface area contributed by atoms with Crippen molar-refractivity contribution in [2.75, 3.05) is 20.8 Å². The average Bonchev–Trinajstić information content (AvgIpc) is 2.91. The molecule has 1 aliphatic heterocycles. The third-order valence-corrected chi connectivity index (χ3v) is 3.03. The van der Waals surface area contributed by atoms with Crippen LogP contribution in [0.1, 0.15) is 24.5 Å². The highest BCUT2D eigenvalue weighted by Gasteiger charge is 2.26. The molecule has 1 fully saturated rings. The van der Waals surface area contributed by atoms with Crippen molar-refractivity contribution >= 4 is 0 Å². The van der Waals surface area contributed by atoms with E-state index in [4.69, 9.17) is 14.2 Å². The molecule has 0 saturated carbocycles. The molecule has 1 heterocycles. The first-order valence-corrected chi connectivity index (χ1v) is 5.77. The van der Waals surface area contributed by atoms with Gasteiger partial charge in [-0.3, -0.25) is 0 Å². The van der Waals surface area contributed by atoms with E-state index in [2.05, 4.69) is 0 Å². The second-order valence-corrected chi connectivity index (χ2v) is 4.14. The standard InChI is InChI=1S/C13H18O4/c1-15-10-6-9(7-11(8-10)16-2)13(14)12-4-3-5-17-12/h6-8,12-14H,3-5H2,1-2H3. The quantitative estimate of drug-likeness (QED) is 0.870. The maximum Gasteiger partial charge on any atom is 0.122 e. The van der Waals surface area contributed by atoms with Gasteiger partial charge in [0.1, 0.15) is 17.6 Å². The van der Waals surface area contributed by atoms with Crippen molar-refractivity contribution in [3.05, 3.63) is 23.8 Å². The van der Waals surface area contributed by atoms with E-state index in [0.29, 0.717) is 11.5 Å². The largest absolute Gasteiger partial charge is 0.497 e. The van der Waals surface area contributed by atoms with Crippen LogP contribution in [0.2, 0.25) is 0 Å². The maximum atomic E-state index is 10.2. The van der Waals surface area contributed by atoms with Crippen molar-refractivity contribution < 1.29 is 19.3 Å². The highest BCUT2D eigenvalue weighted by molar-refractivity contribution is 5.39. The molecule has 2 rings (SSSR count). The summed E-state index contributed by atoms with van der Waals surface area (Å²) < 4.78 is 15.8. The van der Waals surface area contributed by atoms with Crippen LogP contribution in [0.3, 0.4) is 0 Å². The first-order valence-electron chi connectivity index (χ1n) is 5.77. The third kappa shape index (κ3) is 2.70. The van der Waals surface area contributed by atoms with E-state index in [1.807, 2.05) is 12.1 Å². The van der Waals surface area contributed by atoms with Crippen LogP contribution >= 0.6 is 0 Å². The Morgan fingerprint density at radius 3 is 2.35 bits per heavy atom. The van der Waals surface area contributed by atoms with Gasteiger partial charge in [0, 0.05) is 12.7 Å². The van der Waals surface area contributed by atoms with E-state index < -0.39 is 6.10 Å². The molecule has 0 bridgehead atoms. The summed E-state index contributed by atoms with van der Waals surface area (Å²) in [5, 5.41) is 10.2. The molecule has 0 spiro atoms. The first-order chi connectivity index (χ1) is 8.24. The highest BCUT2D eigenvalue weighted by atomic mass is 16.5. The molecular weight excluding hydrogens is 220 g/mol. The summed E-state index contributed by atoms with van der Waals surface area (Å²) in [6.07, 6.45) is 1.15. The molecule has 1 aromatic carbocycles. The molecule has 2 unspecified atom stereocenters. The van der Waals surface area contributed by atoms with Gasteiger partial charge in [0.2, 0.25) is 0 Å². The number of aliphatic hydroxyl groups excluding tert-OH is 1. The molecule has 0 amide bonds. The number of ether oxygens (including phenoxy) is 3. The van der Waals surface area contributed by atoms with Crippen molar-refractivity contribution in [1.29, 1.82) is 0 Å². The average molecular weight is 238 g/mol. The zero-order chi connectivity index (χ0) is 12.3. The van der Waals surface area contributed by atoms with Crippen LogP contribution in [0.5, 0.6) is 11.5 Å². The lowest BCUT2D eigenvalue weighted by Crippen LogP contribution is -2.17. The maximum absolute atomic E-state index is 10.2. The van der Waals surface area contributed by atoms with E-state index in [-0.39, 0.29) is 6.10 Å². The number of hydrogen-bond donors (Lipinski definition) is 1. The summed E-state index contributed by atoms with van der Waals surface area (Å²) in [6.45, 7) is 0.725. The summed E-state index contributed by atoms with van der Waals surface area (Å²) in [5.74, 6) is 1.35. The molecule has 1 aliphatic rings. The fourth-order valence-corrected chi connectivity index (χ4v) is 2.07. The van der Waals surface area contributed by atoms with Crippen molar-refractivity contribution in [2.24, 2.45) is 0 Å². The van der Waals surface area contributed by atoms with E-state index in [1.165, 1.54) is 0 Å². The lowest BCUT2D eigenvalue weighted by molar-refractivity contribution is -0.00274. The van der Waals surface area contributed by atoms with Crippen LogP contribution in [-0.2, 0) is 4.74 Å². The zero-order valence-corrected chi connectivity index (χ0v) is 10.2. The number of hydrogen-bond acceptors (Lipinski definition) is 4. The Labute approximate surface area is 101 Å². The normalized spacial score (nSPS) is 21.2. The minimum absolute atomic E-state index is 0.119. The molecule has 1 saturated heterocycles. The van der Waals surface area contributed by atoms with Gasteiger partial charge in [-0.2, -0.15) is 0 Å². The van der Waals surface area contributed by atoms with E-state index in [0.717, 1.165) is 25.0 Å². The van der Waals surface area contributed by atoms with Crippen LogP contribution in [0.15, 0.2) is 18.2 Å². The molecule has 94 valence electrons. The third-order valence-electron chi connectivity index (χ3n) is 3.03. The Kier molecular flexibility index (Phi) is 3.86. The fraction of sp³-hybridized carbons (Fsp3) is 0.538. The van der Waals surface area contributed by atoms with Gasteiger partial charge in [0.05, 0.1) is 20.3 Å². The first kappa shape index (κ1) is 12.2. The Bertz CT molecular complexity index is 349. The highest BCUT2D eigenvalue weighted by Crippen LogP contribution is 2.31. The fourth-order valence-electron chi connectivity index (χ4n) is 2.07. The van der Waals surface area contributed by atoms with Gasteiger partial charge < -0.3 is 19.3 Å². The molecular formula is C13H18O4. The monoisotopic (exact) mass is 238 g/mol. The van der Waals surface area contributed by atoms with E-state index >= 15 is 0 Å². The summed E-state index contributed by atoms with van der Waals surface area (Å²) in [7, 11) is 3.19. The predicted octanol–water partition coefficient (Wildman–Crippen LogP) is 1.92. The molecule has 0 aliphatic carbocycles. The van der Waals surface area contributed by atoms with Gasteiger partial charge in [-0.15, -0.1) is 0 Å². The molecule has 17 heavy (non-hydrogen) atoms. The lowest BCUT2D eigenvalue weighted by atomic mass is 10.0. The van der Waals surface area contributed by atoms with Crippen molar-refractivity contribution in [2.45, 2.75) is 25.0 Å². The minimum Gasteiger partial charge on any atom is -0.497 e. The Morgan fingerprint density at radius 2 is 1.88 bits per heavy atom. The zero-order valence-electron chi connectivity index (χ0n) is 10.2. The predicted molar refractivity (Wildman–Crippen MR) is 63.5 cm³/mol. The summed E-state index contributed by atoms with van der Waals surface area (Å²) >= 11 is 0. The smallest absolute Gasteiger partial charge is 0.122 e. The second kappa shape index (κ2) is 5.38. The number of rotatable bonds is 4. The Hall–Kier alpha value is -1.26. The topological polar surface area (TPSA) is 47.9 Å². The van der Waals surface area contributed by atoms with Gasteiger partial charge in [-0.05, 0) is 30.5 Å². The molecule has 1 N–H and O–H groups in total. The number of benzene rings is 1. The molecule has 4 nitrogen and oxygen atoms in total. The van der Waals surface area contributed by atoms with Crippen molar-refractivity contribution in [3.63, 3.8) is 0 Å². The molecule has 2 atom stereocenters. The van der Waals surface area contributed by atoms with Crippen LogP contribution in [0, 0.1) is 0 Å². The molecule has 0 radical (unpaired) electrons. The number of aliphatic hydroxyl groups is 1. The van der Waals surface area contributed by atoms with Crippen LogP contribution in [0.25, 0.3) is 0 Å². The number of methoxy groups -OCH3 is 2. The van der Waals surface area contributed by atoms with Gasteiger partial charge in [0.15, 0.2) is 0 Å². The minimum atomic E-state index is -0.624. The Morgan fingerprint density at radius 1 is 1.24 bits per heavy atom. The van der Waals surface area contributed by atoms with E-state index in [1.54, 1.807) is 20.3 Å². The lowest BCUT2D eigenvalue weighted by Gasteiger charge is -2.19. The van der Waals surface area contributed by atoms with Gasteiger partial charge in [-0.1, -0.05) is 0 Å². The van der Waals surface area contributed by atoms with Gasteiger partial charge in [0.25, 0.3) is 0 Å². The summed E-state index contributed by atoms with van der Waals surface area (Å²) in [5.41, 5.74) is 0.771. The molecule has 0 aromatic heterocycles. The summed E-state index contributed by atoms with van der Waals surface area (Å²) in [4.78, 5) is 0. The SMILES string of the molecule is COc1cc(OC)cc(C(O)C2CCCO2)c1. The van der Waals surface area contributed by atoms with Crippen LogP contribution in [-0.4, -0.2) is 32.0 Å². The van der Waals surface area contributed by atoms with Crippen molar-refractivity contribution in [1.82, 2.24) is 0 Å². The molecule has 1 aromatic rings. The van der Waals surface area contributed by atoms with Gasteiger partial charge >= 0.3 is 0 Å². The Balaban J connectivity index is 2.23. The molecule has 4 heteroatoms. The van der Waals surface area contributed by atoms with Crippen LogP contribution < -0.4 is 9.47 Å². The van der Waals surface area contributed by atoms with Gasteiger partial charge in [-0.25, -0.2) is 0 Å². The summed E-state index contributed by atoms with van der Waals surface area (Å²) in [6, 6.07) is 5.41. The van der Waals surface area contributed by atoms with E-state index in [9.17, 15) is 5.11 Å². The van der Waals surface area contributed by atoms with Crippen LogP contribution in [0.4, 0.5) is 0 Å². The second-order valence-electron chi connectivity index (χ2n) is 4.14.